The Morgan fingerprint density at radius 2 is 1.92 bits per heavy atom. The Kier molecular flexibility index (Phi) is 6.04. The lowest BCUT2D eigenvalue weighted by molar-refractivity contribution is -0.0389. The van der Waals surface area contributed by atoms with Crippen LogP contribution >= 0.6 is 24.0 Å². The summed E-state index contributed by atoms with van der Waals surface area (Å²) in [4.78, 5) is 8.77. The van der Waals surface area contributed by atoms with Gasteiger partial charge in [-0.2, -0.15) is 0 Å². The molecule has 2 atom stereocenters. The number of anilines is 1. The van der Waals surface area contributed by atoms with E-state index in [0.717, 1.165) is 12.2 Å². The van der Waals surface area contributed by atoms with Gasteiger partial charge in [-0.1, -0.05) is 38.1 Å². The van der Waals surface area contributed by atoms with Crippen molar-refractivity contribution in [1.29, 1.82) is 0 Å². The van der Waals surface area contributed by atoms with Gasteiger partial charge in [0, 0.05) is 18.0 Å². The number of pyridine rings is 1. The number of rotatable bonds is 4. The summed E-state index contributed by atoms with van der Waals surface area (Å²) in [5, 5.41) is 3.02. The topological polar surface area (TPSA) is 72.5 Å². The van der Waals surface area contributed by atoms with Crippen molar-refractivity contribution < 1.29 is 4.74 Å². The van der Waals surface area contributed by atoms with E-state index in [0.29, 0.717) is 11.8 Å². The van der Waals surface area contributed by atoms with Gasteiger partial charge in [0.2, 0.25) is 0 Å². The largest absolute Gasteiger partial charge is 0.490 e. The minimum absolute atomic E-state index is 0. The molecule has 2 aromatic rings. The molecule has 1 heterocycles. The molecule has 1 aromatic carbocycles. The van der Waals surface area contributed by atoms with Gasteiger partial charge < -0.3 is 15.8 Å². The zero-order valence-electron chi connectivity index (χ0n) is 13.8. The second-order valence-corrected chi connectivity index (χ2v) is 6.35. The van der Waals surface area contributed by atoms with Crippen LogP contribution in [0.1, 0.15) is 20.3 Å². The van der Waals surface area contributed by atoms with Gasteiger partial charge in [0.25, 0.3) is 0 Å². The fourth-order valence-electron chi connectivity index (χ4n) is 2.71. The molecule has 24 heavy (non-hydrogen) atoms. The predicted molar refractivity (Wildman–Crippen MR) is 108 cm³/mol. The molecule has 1 aliphatic carbocycles. The number of hydrogen-bond donors (Lipinski definition) is 2. The van der Waals surface area contributed by atoms with Gasteiger partial charge in [0.05, 0.1) is 6.04 Å². The Balaban J connectivity index is 0.00000208. The average Bonchev–Trinajstić information content (AvgIpc) is 2.56. The van der Waals surface area contributed by atoms with Crippen LogP contribution in [0.3, 0.4) is 0 Å². The maximum Gasteiger partial charge on any atom is 0.194 e. The van der Waals surface area contributed by atoms with Crippen molar-refractivity contribution in [2.45, 2.75) is 32.4 Å². The zero-order valence-corrected chi connectivity index (χ0v) is 16.2. The Bertz CT molecular complexity index is 676. The summed E-state index contributed by atoms with van der Waals surface area (Å²) in [5.74, 6) is 1.98. The molecule has 3 rings (SSSR count). The number of aliphatic imine (C=N–C) groups is 1. The third kappa shape index (κ3) is 4.17. The van der Waals surface area contributed by atoms with E-state index < -0.39 is 0 Å². The van der Waals surface area contributed by atoms with E-state index >= 15 is 0 Å². The number of hydrogen-bond acceptors (Lipinski definition) is 3. The molecular weight excluding hydrogens is 415 g/mol. The van der Waals surface area contributed by atoms with Gasteiger partial charge in [-0.3, -0.25) is 0 Å². The van der Waals surface area contributed by atoms with Crippen molar-refractivity contribution in [3.63, 3.8) is 0 Å². The lowest BCUT2D eigenvalue weighted by atomic mass is 9.64. The van der Waals surface area contributed by atoms with Crippen molar-refractivity contribution in [3.8, 4) is 5.75 Å². The van der Waals surface area contributed by atoms with Crippen LogP contribution in [0.5, 0.6) is 5.75 Å². The number of nitrogens with one attached hydrogen (secondary N) is 1. The smallest absolute Gasteiger partial charge is 0.194 e. The molecule has 3 N–H and O–H groups in total. The van der Waals surface area contributed by atoms with Crippen LogP contribution in [-0.4, -0.2) is 23.1 Å². The third-order valence-corrected chi connectivity index (χ3v) is 4.36. The van der Waals surface area contributed by atoms with Crippen molar-refractivity contribution in [3.05, 3.63) is 54.7 Å². The maximum absolute atomic E-state index is 6.05. The monoisotopic (exact) mass is 438 g/mol. The second kappa shape index (κ2) is 7.83. The van der Waals surface area contributed by atoms with Crippen LogP contribution in [0, 0.1) is 5.41 Å². The molecule has 128 valence electrons. The maximum atomic E-state index is 6.05. The summed E-state index contributed by atoms with van der Waals surface area (Å²) in [6, 6.07) is 15.6. The van der Waals surface area contributed by atoms with Crippen LogP contribution in [0.15, 0.2) is 59.7 Å². The first-order valence-electron chi connectivity index (χ1n) is 7.79. The summed E-state index contributed by atoms with van der Waals surface area (Å²) in [6.07, 6.45) is 2.71. The molecule has 0 unspecified atom stereocenters. The van der Waals surface area contributed by atoms with E-state index in [1.54, 1.807) is 6.20 Å². The van der Waals surface area contributed by atoms with Crippen molar-refractivity contribution in [1.82, 2.24) is 4.98 Å². The normalized spacial score (nSPS) is 22.0. The van der Waals surface area contributed by atoms with E-state index in [1.165, 1.54) is 0 Å². The SMILES string of the molecule is CC1(C)[C@@H](N=C(N)Nc2ccccn2)C[C@H]1Oc1ccccc1.I. The highest BCUT2D eigenvalue weighted by Crippen LogP contribution is 2.45. The molecular formula is C18H23IN4O. The first-order valence-corrected chi connectivity index (χ1v) is 7.79. The number of nitrogens with two attached hydrogens (primary N) is 1. The molecule has 0 spiro atoms. The number of para-hydroxylation sites is 1. The first kappa shape index (κ1) is 18.5. The number of halogens is 1. The Labute approximate surface area is 159 Å². The molecule has 1 aliphatic rings. The van der Waals surface area contributed by atoms with E-state index in [2.05, 4.69) is 29.1 Å². The zero-order chi connectivity index (χ0) is 16.3. The number of nitrogens with zero attached hydrogens (tertiary/aromatic N) is 2. The quantitative estimate of drug-likeness (QED) is 0.434. The number of aromatic nitrogens is 1. The number of benzene rings is 1. The Hall–Kier alpha value is -1.83. The van der Waals surface area contributed by atoms with Gasteiger partial charge in [0.15, 0.2) is 5.96 Å². The minimum Gasteiger partial charge on any atom is -0.490 e. The summed E-state index contributed by atoms with van der Waals surface area (Å²) in [7, 11) is 0. The molecule has 1 saturated carbocycles. The fraction of sp³-hybridized carbons (Fsp3) is 0.333. The van der Waals surface area contributed by atoms with E-state index in [9.17, 15) is 0 Å². The Morgan fingerprint density at radius 1 is 1.21 bits per heavy atom. The van der Waals surface area contributed by atoms with Gasteiger partial charge in [-0.15, -0.1) is 24.0 Å². The van der Waals surface area contributed by atoms with E-state index in [1.807, 2.05) is 48.5 Å². The lowest BCUT2D eigenvalue weighted by Gasteiger charge is -2.49. The lowest BCUT2D eigenvalue weighted by Crippen LogP contribution is -2.56. The van der Waals surface area contributed by atoms with Crippen molar-refractivity contribution in [2.24, 2.45) is 16.1 Å². The summed E-state index contributed by atoms with van der Waals surface area (Å²) < 4.78 is 6.05. The van der Waals surface area contributed by atoms with Gasteiger partial charge in [0.1, 0.15) is 17.7 Å². The first-order chi connectivity index (χ1) is 11.1. The highest BCUT2D eigenvalue weighted by Gasteiger charge is 2.50. The molecule has 0 radical (unpaired) electrons. The van der Waals surface area contributed by atoms with Crippen molar-refractivity contribution >= 4 is 35.8 Å². The highest BCUT2D eigenvalue weighted by atomic mass is 127. The van der Waals surface area contributed by atoms with Crippen LogP contribution in [-0.2, 0) is 0 Å². The molecule has 0 amide bonds. The molecule has 0 saturated heterocycles. The fourth-order valence-corrected chi connectivity index (χ4v) is 2.71. The Morgan fingerprint density at radius 3 is 2.54 bits per heavy atom. The molecule has 6 heteroatoms. The average molecular weight is 438 g/mol. The summed E-state index contributed by atoms with van der Waals surface area (Å²) >= 11 is 0. The molecule has 0 aliphatic heterocycles. The van der Waals surface area contributed by atoms with Crippen LogP contribution in [0.4, 0.5) is 5.82 Å². The second-order valence-electron chi connectivity index (χ2n) is 6.35. The summed E-state index contributed by atoms with van der Waals surface area (Å²) in [6.45, 7) is 4.32. The van der Waals surface area contributed by atoms with Gasteiger partial charge in [-0.25, -0.2) is 9.98 Å². The molecule has 5 nitrogen and oxygen atoms in total. The van der Waals surface area contributed by atoms with Gasteiger partial charge >= 0.3 is 0 Å². The van der Waals surface area contributed by atoms with Gasteiger partial charge in [-0.05, 0) is 24.3 Å². The summed E-state index contributed by atoms with van der Waals surface area (Å²) in [5.41, 5.74) is 5.93. The molecule has 1 aromatic heterocycles. The number of guanidine groups is 1. The van der Waals surface area contributed by atoms with Crippen LogP contribution < -0.4 is 15.8 Å². The highest BCUT2D eigenvalue weighted by molar-refractivity contribution is 14.0. The van der Waals surface area contributed by atoms with Crippen molar-refractivity contribution in [2.75, 3.05) is 5.32 Å². The standard InChI is InChI=1S/C18H22N4O.HI/c1-18(2)14(12-15(18)23-13-8-4-3-5-9-13)21-17(19)22-16-10-6-7-11-20-16;/h3-11,14-15H,12H2,1-2H3,(H3,19,20,21,22);1H/t14-,15+;/m0./s1. The van der Waals surface area contributed by atoms with E-state index in [-0.39, 0.29) is 41.5 Å². The van der Waals surface area contributed by atoms with Crippen LogP contribution in [0.25, 0.3) is 0 Å². The molecule has 1 fully saturated rings. The number of ether oxygens (including phenoxy) is 1. The predicted octanol–water partition coefficient (Wildman–Crippen LogP) is 3.67. The van der Waals surface area contributed by atoms with Crippen LogP contribution in [0.2, 0.25) is 0 Å². The molecule has 0 bridgehead atoms. The third-order valence-electron chi connectivity index (χ3n) is 4.36. The van der Waals surface area contributed by atoms with E-state index in [4.69, 9.17) is 10.5 Å². The minimum atomic E-state index is -0.0632.